The summed E-state index contributed by atoms with van der Waals surface area (Å²) in [5.41, 5.74) is 2.85. The summed E-state index contributed by atoms with van der Waals surface area (Å²) < 4.78 is 0. The lowest BCUT2D eigenvalue weighted by Gasteiger charge is -2.44. The first-order valence-corrected chi connectivity index (χ1v) is 10.0. The van der Waals surface area contributed by atoms with E-state index in [1.54, 1.807) is 0 Å². The van der Waals surface area contributed by atoms with Gasteiger partial charge >= 0.3 is 0 Å². The van der Waals surface area contributed by atoms with Gasteiger partial charge in [0.25, 0.3) is 0 Å². The van der Waals surface area contributed by atoms with Gasteiger partial charge in [0, 0.05) is 31.7 Å². The number of fused-ring (bicyclic) bond motifs is 1. The molecular weight excluding hydrogens is 320 g/mol. The molecule has 0 aliphatic carbocycles. The third-order valence-electron chi connectivity index (χ3n) is 5.98. The van der Waals surface area contributed by atoms with Crippen molar-refractivity contribution in [1.82, 2.24) is 9.80 Å². The number of aryl methyl sites for hydroxylation is 1. The average Bonchev–Trinajstić information content (AvgIpc) is 3.02. The number of rotatable bonds is 6. The van der Waals surface area contributed by atoms with Crippen molar-refractivity contribution in [3.63, 3.8) is 0 Å². The second kappa shape index (κ2) is 8.34. The van der Waals surface area contributed by atoms with Crippen molar-refractivity contribution in [2.75, 3.05) is 26.2 Å². The van der Waals surface area contributed by atoms with Crippen LogP contribution in [-0.2, 0) is 12.8 Å². The maximum atomic E-state index is 10.1. The summed E-state index contributed by atoms with van der Waals surface area (Å²) >= 11 is 0. The minimum Gasteiger partial charge on any atom is -0.392 e. The fourth-order valence-corrected chi connectivity index (χ4v) is 4.66. The minimum atomic E-state index is -0.137. The summed E-state index contributed by atoms with van der Waals surface area (Å²) in [6.45, 7) is 4.19. The molecule has 26 heavy (non-hydrogen) atoms. The zero-order valence-electron chi connectivity index (χ0n) is 15.5. The summed E-state index contributed by atoms with van der Waals surface area (Å²) in [5, 5.41) is 10.1. The van der Waals surface area contributed by atoms with Crippen LogP contribution in [0.4, 0.5) is 0 Å². The molecule has 0 saturated carbocycles. The molecule has 2 aromatic rings. The van der Waals surface area contributed by atoms with E-state index in [1.807, 2.05) is 0 Å². The zero-order chi connectivity index (χ0) is 17.8. The van der Waals surface area contributed by atoms with Crippen molar-refractivity contribution in [3.8, 4) is 0 Å². The van der Waals surface area contributed by atoms with Crippen LogP contribution >= 0.6 is 0 Å². The lowest BCUT2D eigenvalue weighted by molar-refractivity contribution is 0.0493. The van der Waals surface area contributed by atoms with E-state index in [2.05, 4.69) is 70.5 Å². The lowest BCUT2D eigenvalue weighted by atomic mass is 9.99. The Kier molecular flexibility index (Phi) is 5.68. The standard InChI is InChI=1S/C23H30N2O/c26-23-15-22-16-24(13-7-12-19-8-3-1-4-9-19)21(17-25(22)18-23)14-20-10-5-2-6-11-20/h1-6,8-11,21-23,26H,7,12-18H2/t21-,22+,23-/m1/s1. The van der Waals surface area contributed by atoms with Crippen molar-refractivity contribution < 1.29 is 5.11 Å². The SMILES string of the molecule is O[C@@H]1C[C@H]2CN(CCCc3ccccc3)[C@H](Cc3ccccc3)CN2C1. The Morgan fingerprint density at radius 3 is 2.27 bits per heavy atom. The van der Waals surface area contributed by atoms with Gasteiger partial charge in [-0.1, -0.05) is 60.7 Å². The molecule has 4 rings (SSSR count). The second-order valence-electron chi connectivity index (χ2n) is 7.92. The van der Waals surface area contributed by atoms with Gasteiger partial charge in [0.15, 0.2) is 0 Å². The lowest BCUT2D eigenvalue weighted by Crippen LogP contribution is -2.56. The molecule has 2 fully saturated rings. The Morgan fingerprint density at radius 1 is 0.846 bits per heavy atom. The quantitative estimate of drug-likeness (QED) is 0.868. The van der Waals surface area contributed by atoms with Crippen molar-refractivity contribution in [2.45, 2.75) is 43.9 Å². The fourth-order valence-electron chi connectivity index (χ4n) is 4.66. The topological polar surface area (TPSA) is 26.7 Å². The molecule has 0 aromatic heterocycles. The maximum Gasteiger partial charge on any atom is 0.0682 e. The highest BCUT2D eigenvalue weighted by Gasteiger charge is 2.39. The summed E-state index contributed by atoms with van der Waals surface area (Å²) in [4.78, 5) is 5.21. The van der Waals surface area contributed by atoms with Crippen LogP contribution < -0.4 is 0 Å². The molecule has 2 aliphatic heterocycles. The smallest absolute Gasteiger partial charge is 0.0682 e. The van der Waals surface area contributed by atoms with Gasteiger partial charge in [-0.25, -0.2) is 0 Å². The third kappa shape index (κ3) is 4.35. The van der Waals surface area contributed by atoms with E-state index in [-0.39, 0.29) is 6.10 Å². The normalized spacial score (nSPS) is 26.7. The molecule has 2 aliphatic rings. The summed E-state index contributed by atoms with van der Waals surface area (Å²) in [6.07, 6.45) is 4.25. The van der Waals surface area contributed by atoms with E-state index in [0.717, 1.165) is 45.4 Å². The minimum absolute atomic E-state index is 0.137. The maximum absolute atomic E-state index is 10.1. The van der Waals surface area contributed by atoms with Gasteiger partial charge in [-0.2, -0.15) is 0 Å². The number of benzene rings is 2. The Morgan fingerprint density at radius 2 is 1.54 bits per heavy atom. The van der Waals surface area contributed by atoms with Crippen LogP contribution in [0.1, 0.15) is 24.0 Å². The molecule has 3 atom stereocenters. The molecule has 3 nitrogen and oxygen atoms in total. The van der Waals surface area contributed by atoms with E-state index in [4.69, 9.17) is 0 Å². The highest BCUT2D eigenvalue weighted by molar-refractivity contribution is 5.17. The van der Waals surface area contributed by atoms with Crippen LogP contribution in [0.25, 0.3) is 0 Å². The van der Waals surface area contributed by atoms with Crippen molar-refractivity contribution >= 4 is 0 Å². The highest BCUT2D eigenvalue weighted by atomic mass is 16.3. The molecule has 0 amide bonds. The number of aliphatic hydroxyl groups is 1. The predicted octanol–water partition coefficient (Wildman–Crippen LogP) is 2.98. The molecule has 0 spiro atoms. The van der Waals surface area contributed by atoms with E-state index in [1.165, 1.54) is 17.5 Å². The molecule has 0 unspecified atom stereocenters. The van der Waals surface area contributed by atoms with Gasteiger partial charge in [0.1, 0.15) is 0 Å². The summed E-state index contributed by atoms with van der Waals surface area (Å²) in [5.74, 6) is 0. The number of piperazine rings is 1. The number of hydrogen-bond donors (Lipinski definition) is 1. The molecule has 0 bridgehead atoms. The molecule has 1 N–H and O–H groups in total. The Labute approximate surface area is 157 Å². The number of aliphatic hydroxyl groups excluding tert-OH is 1. The average molecular weight is 351 g/mol. The van der Waals surface area contributed by atoms with Gasteiger partial charge in [0.05, 0.1) is 6.10 Å². The molecule has 0 radical (unpaired) electrons. The van der Waals surface area contributed by atoms with E-state index in [9.17, 15) is 5.11 Å². The van der Waals surface area contributed by atoms with Crippen LogP contribution in [0, 0.1) is 0 Å². The monoisotopic (exact) mass is 350 g/mol. The molecule has 138 valence electrons. The molecule has 2 saturated heterocycles. The number of hydrogen-bond acceptors (Lipinski definition) is 3. The predicted molar refractivity (Wildman–Crippen MR) is 106 cm³/mol. The molecule has 2 heterocycles. The van der Waals surface area contributed by atoms with Crippen LogP contribution in [0.2, 0.25) is 0 Å². The first kappa shape index (κ1) is 17.7. The summed E-state index contributed by atoms with van der Waals surface area (Å²) in [7, 11) is 0. The van der Waals surface area contributed by atoms with E-state index in [0.29, 0.717) is 12.1 Å². The van der Waals surface area contributed by atoms with Crippen molar-refractivity contribution in [3.05, 3.63) is 71.8 Å². The summed E-state index contributed by atoms with van der Waals surface area (Å²) in [6, 6.07) is 22.8. The molecule has 2 aromatic carbocycles. The zero-order valence-corrected chi connectivity index (χ0v) is 15.5. The van der Waals surface area contributed by atoms with Crippen molar-refractivity contribution in [1.29, 1.82) is 0 Å². The van der Waals surface area contributed by atoms with E-state index >= 15 is 0 Å². The largest absolute Gasteiger partial charge is 0.392 e. The molecular formula is C23H30N2O. The van der Waals surface area contributed by atoms with Crippen LogP contribution in [0.3, 0.4) is 0 Å². The molecule has 3 heteroatoms. The van der Waals surface area contributed by atoms with Crippen molar-refractivity contribution in [2.24, 2.45) is 0 Å². The third-order valence-corrected chi connectivity index (χ3v) is 5.98. The van der Waals surface area contributed by atoms with Crippen LogP contribution in [0.5, 0.6) is 0 Å². The first-order chi connectivity index (χ1) is 12.8. The fraction of sp³-hybridized carbons (Fsp3) is 0.478. The van der Waals surface area contributed by atoms with Gasteiger partial charge in [-0.05, 0) is 43.4 Å². The second-order valence-corrected chi connectivity index (χ2v) is 7.92. The Hall–Kier alpha value is -1.68. The van der Waals surface area contributed by atoms with Crippen LogP contribution in [-0.4, -0.2) is 59.3 Å². The Bertz CT molecular complexity index is 675. The van der Waals surface area contributed by atoms with Gasteiger partial charge in [-0.15, -0.1) is 0 Å². The number of nitrogens with zero attached hydrogens (tertiary/aromatic N) is 2. The van der Waals surface area contributed by atoms with Gasteiger partial charge in [0.2, 0.25) is 0 Å². The Balaban J connectivity index is 1.40. The first-order valence-electron chi connectivity index (χ1n) is 10.0. The van der Waals surface area contributed by atoms with Gasteiger partial charge in [-0.3, -0.25) is 9.80 Å². The van der Waals surface area contributed by atoms with Crippen LogP contribution in [0.15, 0.2) is 60.7 Å². The highest BCUT2D eigenvalue weighted by Crippen LogP contribution is 2.27. The van der Waals surface area contributed by atoms with E-state index < -0.39 is 0 Å². The van der Waals surface area contributed by atoms with Gasteiger partial charge < -0.3 is 5.11 Å².